The van der Waals surface area contributed by atoms with Gasteiger partial charge in [-0.1, -0.05) is 0 Å². The molecule has 0 saturated carbocycles. The fraction of sp³-hybridized carbons (Fsp3) is 0.333. The van der Waals surface area contributed by atoms with Gasteiger partial charge in [0.15, 0.2) is 6.10 Å². The molecule has 1 aromatic rings. The maximum absolute atomic E-state index is 12.5. The molecule has 1 unspecified atom stereocenters. The van der Waals surface area contributed by atoms with Crippen molar-refractivity contribution in [1.82, 2.24) is 4.31 Å². The summed E-state index contributed by atoms with van der Waals surface area (Å²) in [7, 11) is -3.89. The van der Waals surface area contributed by atoms with E-state index in [-0.39, 0.29) is 35.8 Å². The van der Waals surface area contributed by atoms with Crippen LogP contribution in [0.25, 0.3) is 0 Å². The van der Waals surface area contributed by atoms with E-state index in [1.807, 2.05) is 6.07 Å². The van der Waals surface area contributed by atoms with Gasteiger partial charge in [0.25, 0.3) is 0 Å². The number of sulfonamides is 1. The fourth-order valence-corrected chi connectivity index (χ4v) is 3.50. The first kappa shape index (κ1) is 15.2. The van der Waals surface area contributed by atoms with Crippen LogP contribution in [0.2, 0.25) is 0 Å². The average Bonchev–Trinajstić information content (AvgIpc) is 2.46. The molecular formula is C12H13N3O5S. The molecule has 0 bridgehead atoms. The largest absolute Gasteiger partial charge is 0.478 e. The minimum Gasteiger partial charge on any atom is -0.478 e. The number of ether oxygens (including phenoxy) is 1. The number of nitrogens with zero attached hydrogens (tertiary/aromatic N) is 2. The zero-order chi connectivity index (χ0) is 15.6. The van der Waals surface area contributed by atoms with Gasteiger partial charge >= 0.3 is 5.97 Å². The predicted molar refractivity (Wildman–Crippen MR) is 71.9 cm³/mol. The van der Waals surface area contributed by atoms with Gasteiger partial charge in [0.2, 0.25) is 10.0 Å². The molecule has 0 radical (unpaired) electrons. The molecule has 1 aliphatic rings. The molecule has 9 heteroatoms. The lowest BCUT2D eigenvalue weighted by Gasteiger charge is -2.29. The lowest BCUT2D eigenvalue weighted by molar-refractivity contribution is 0.0311. The van der Waals surface area contributed by atoms with Gasteiger partial charge in [-0.25, -0.2) is 13.2 Å². The number of carboxylic acids is 1. The van der Waals surface area contributed by atoms with Crippen molar-refractivity contribution >= 4 is 21.7 Å². The number of nitrogens with two attached hydrogens (primary N) is 1. The van der Waals surface area contributed by atoms with Crippen molar-refractivity contribution < 1.29 is 23.1 Å². The molecule has 1 aliphatic heterocycles. The van der Waals surface area contributed by atoms with Gasteiger partial charge in [-0.05, 0) is 18.2 Å². The van der Waals surface area contributed by atoms with Crippen LogP contribution in [0, 0.1) is 11.3 Å². The molecule has 0 aromatic heterocycles. The maximum Gasteiger partial charge on any atom is 0.335 e. The molecule has 1 aromatic carbocycles. The van der Waals surface area contributed by atoms with Crippen LogP contribution in [0.4, 0.5) is 5.69 Å². The Morgan fingerprint density at radius 3 is 2.81 bits per heavy atom. The van der Waals surface area contributed by atoms with Crippen LogP contribution in [0.3, 0.4) is 0 Å². The molecule has 21 heavy (non-hydrogen) atoms. The van der Waals surface area contributed by atoms with Crippen molar-refractivity contribution in [2.24, 2.45) is 0 Å². The van der Waals surface area contributed by atoms with Crippen molar-refractivity contribution in [2.45, 2.75) is 11.0 Å². The Morgan fingerprint density at radius 2 is 2.24 bits per heavy atom. The van der Waals surface area contributed by atoms with Crippen LogP contribution >= 0.6 is 0 Å². The first-order chi connectivity index (χ1) is 9.86. The summed E-state index contributed by atoms with van der Waals surface area (Å²) in [4.78, 5) is 10.7. The smallest absolute Gasteiger partial charge is 0.335 e. The van der Waals surface area contributed by atoms with Crippen molar-refractivity contribution in [3.8, 4) is 6.07 Å². The van der Waals surface area contributed by atoms with Crippen molar-refractivity contribution in [2.75, 3.05) is 25.4 Å². The highest BCUT2D eigenvalue weighted by Gasteiger charge is 2.32. The molecule has 3 N–H and O–H groups in total. The van der Waals surface area contributed by atoms with E-state index in [4.69, 9.17) is 20.8 Å². The standard InChI is InChI=1S/C12H13N3O5S/c13-6-9-7-15(3-4-20-9)21(18,19)11-2-1-8(12(16)17)5-10(11)14/h1-2,5,9H,3-4,7,14H2,(H,16,17). The Morgan fingerprint density at radius 1 is 1.52 bits per heavy atom. The maximum atomic E-state index is 12.5. The molecule has 2 rings (SSSR count). The minimum absolute atomic E-state index is 0.0844. The lowest BCUT2D eigenvalue weighted by atomic mass is 10.2. The summed E-state index contributed by atoms with van der Waals surface area (Å²) in [5.74, 6) is -1.19. The molecule has 1 atom stereocenters. The zero-order valence-corrected chi connectivity index (χ0v) is 11.7. The number of nitrogen functional groups attached to an aromatic ring is 1. The summed E-state index contributed by atoms with van der Waals surface area (Å²) in [6.45, 7) is 0.143. The summed E-state index contributed by atoms with van der Waals surface area (Å²) in [6.07, 6.45) is -0.826. The van der Waals surface area contributed by atoms with E-state index in [1.54, 1.807) is 0 Å². The van der Waals surface area contributed by atoms with E-state index >= 15 is 0 Å². The quantitative estimate of drug-likeness (QED) is 0.743. The highest BCUT2D eigenvalue weighted by atomic mass is 32.2. The highest BCUT2D eigenvalue weighted by molar-refractivity contribution is 7.89. The van der Waals surface area contributed by atoms with Crippen LogP contribution in [0.1, 0.15) is 10.4 Å². The van der Waals surface area contributed by atoms with E-state index in [2.05, 4.69) is 0 Å². The minimum atomic E-state index is -3.89. The third-order valence-electron chi connectivity index (χ3n) is 3.05. The molecular weight excluding hydrogens is 298 g/mol. The van der Waals surface area contributed by atoms with Crippen LogP contribution in [-0.2, 0) is 14.8 Å². The van der Waals surface area contributed by atoms with Crippen molar-refractivity contribution in [3.63, 3.8) is 0 Å². The summed E-state index contributed by atoms with van der Waals surface area (Å²) in [6, 6.07) is 5.29. The molecule has 1 fully saturated rings. The molecule has 0 amide bonds. The summed E-state index contributed by atoms with van der Waals surface area (Å²) < 4.78 is 31.2. The second kappa shape index (κ2) is 5.69. The summed E-state index contributed by atoms with van der Waals surface area (Å²) in [5, 5.41) is 17.7. The Hall–Kier alpha value is -2.15. The van der Waals surface area contributed by atoms with E-state index in [0.29, 0.717) is 0 Å². The van der Waals surface area contributed by atoms with Gasteiger partial charge in [-0.3, -0.25) is 0 Å². The number of rotatable bonds is 3. The van der Waals surface area contributed by atoms with Crippen molar-refractivity contribution in [3.05, 3.63) is 23.8 Å². The normalized spacial score (nSPS) is 19.9. The Labute approximate surface area is 121 Å². The average molecular weight is 311 g/mol. The molecule has 1 saturated heterocycles. The summed E-state index contributed by atoms with van der Waals surface area (Å²) >= 11 is 0. The van der Waals surface area contributed by atoms with Gasteiger partial charge < -0.3 is 15.6 Å². The third-order valence-corrected chi connectivity index (χ3v) is 4.99. The second-order valence-corrected chi connectivity index (χ2v) is 6.32. The van der Waals surface area contributed by atoms with Crippen molar-refractivity contribution in [1.29, 1.82) is 5.26 Å². The first-order valence-corrected chi connectivity index (χ1v) is 7.44. The fourth-order valence-electron chi connectivity index (χ4n) is 1.98. The number of aromatic carboxylic acids is 1. The van der Waals surface area contributed by atoms with Crippen LogP contribution < -0.4 is 5.73 Å². The number of hydrogen-bond acceptors (Lipinski definition) is 6. The second-order valence-electron chi connectivity index (χ2n) is 4.41. The van der Waals surface area contributed by atoms with E-state index in [0.717, 1.165) is 16.4 Å². The van der Waals surface area contributed by atoms with Gasteiger partial charge in [0, 0.05) is 6.54 Å². The van der Waals surface area contributed by atoms with Gasteiger partial charge in [-0.2, -0.15) is 9.57 Å². The Kier molecular flexibility index (Phi) is 4.13. The third kappa shape index (κ3) is 2.97. The Bertz CT molecular complexity index is 710. The lowest BCUT2D eigenvalue weighted by Crippen LogP contribution is -2.45. The topological polar surface area (TPSA) is 134 Å². The van der Waals surface area contributed by atoms with Crippen LogP contribution in [0.15, 0.2) is 23.1 Å². The summed E-state index contributed by atoms with van der Waals surface area (Å²) in [5.41, 5.74) is 5.42. The Balaban J connectivity index is 2.36. The van der Waals surface area contributed by atoms with Crippen LogP contribution in [-0.4, -0.2) is 49.6 Å². The molecule has 112 valence electrons. The van der Waals surface area contributed by atoms with Gasteiger partial charge in [0.05, 0.1) is 30.5 Å². The number of benzene rings is 1. The number of carboxylic acid groups (broad SMARTS) is 1. The molecule has 0 spiro atoms. The predicted octanol–water partition coefficient (Wildman–Crippen LogP) is -0.120. The highest BCUT2D eigenvalue weighted by Crippen LogP contribution is 2.25. The number of carbonyl (C=O) groups is 1. The number of morpholine rings is 1. The number of hydrogen-bond donors (Lipinski definition) is 2. The van der Waals surface area contributed by atoms with E-state index in [9.17, 15) is 13.2 Å². The van der Waals surface area contributed by atoms with Gasteiger partial charge in [0.1, 0.15) is 4.90 Å². The SMILES string of the molecule is N#CC1CN(S(=O)(=O)c2ccc(C(=O)O)cc2N)CCO1. The van der Waals surface area contributed by atoms with Gasteiger partial charge in [-0.15, -0.1) is 0 Å². The van der Waals surface area contributed by atoms with E-state index < -0.39 is 22.1 Å². The molecule has 1 heterocycles. The number of anilines is 1. The molecule has 8 nitrogen and oxygen atoms in total. The zero-order valence-electron chi connectivity index (χ0n) is 10.9. The van der Waals surface area contributed by atoms with E-state index in [1.165, 1.54) is 6.07 Å². The number of nitriles is 1. The molecule has 0 aliphatic carbocycles. The first-order valence-electron chi connectivity index (χ1n) is 6.00. The monoisotopic (exact) mass is 311 g/mol. The van der Waals surface area contributed by atoms with Crippen LogP contribution in [0.5, 0.6) is 0 Å².